The van der Waals surface area contributed by atoms with Gasteiger partial charge in [-0.2, -0.15) is 0 Å². The first-order valence-electron chi connectivity index (χ1n) is 38.6. The first-order valence-corrected chi connectivity index (χ1v) is 40.1. The van der Waals surface area contributed by atoms with Crippen molar-refractivity contribution in [2.75, 3.05) is 47.5 Å². The molecular weight excluding hydrogens is 1100 g/mol. The molecule has 0 aromatic heterocycles. The third kappa shape index (κ3) is 73.4. The van der Waals surface area contributed by atoms with E-state index in [4.69, 9.17) is 18.5 Å². The average Bonchev–Trinajstić information content (AvgIpc) is 3.56. The zero-order chi connectivity index (χ0) is 63.4. The number of ether oxygens (including phenoxy) is 2. The molecule has 2 atom stereocenters. The second-order valence-corrected chi connectivity index (χ2v) is 29.2. The lowest BCUT2D eigenvalue weighted by Crippen LogP contribution is -2.37. The third-order valence-corrected chi connectivity index (χ3v) is 18.7. The summed E-state index contributed by atoms with van der Waals surface area (Å²) in [7, 11) is 1.51. The molecule has 0 rings (SSSR count). The van der Waals surface area contributed by atoms with Gasteiger partial charge in [0.1, 0.15) is 19.8 Å². The number of carbonyl (C=O) groups excluding carboxylic acids is 2. The van der Waals surface area contributed by atoms with Crippen LogP contribution >= 0.6 is 7.82 Å². The number of likely N-dealkylation sites (N-methyl/N-ethyl adjacent to an activating group) is 1. The van der Waals surface area contributed by atoms with Crippen molar-refractivity contribution in [1.29, 1.82) is 0 Å². The number of quaternary nitrogens is 1. The molecular formula is C77H151NO8P+. The van der Waals surface area contributed by atoms with Gasteiger partial charge >= 0.3 is 19.8 Å². The fraction of sp³-hybridized carbons (Fsp3) is 0.922. The van der Waals surface area contributed by atoms with Crippen LogP contribution in [0, 0.1) is 0 Å². The van der Waals surface area contributed by atoms with E-state index in [1.165, 1.54) is 334 Å². The fourth-order valence-corrected chi connectivity index (χ4v) is 12.6. The highest BCUT2D eigenvalue weighted by Crippen LogP contribution is 2.43. The summed E-state index contributed by atoms with van der Waals surface area (Å²) in [5.74, 6) is -0.769. The smallest absolute Gasteiger partial charge is 0.462 e. The molecule has 0 radical (unpaired) electrons. The number of unbranched alkanes of at least 4 members (excludes halogenated alkanes) is 55. The van der Waals surface area contributed by atoms with Crippen molar-refractivity contribution in [3.8, 4) is 0 Å². The van der Waals surface area contributed by atoms with E-state index in [1.807, 2.05) is 21.1 Å². The quantitative estimate of drug-likeness (QED) is 0.0211. The van der Waals surface area contributed by atoms with Crippen molar-refractivity contribution < 1.29 is 42.1 Å². The van der Waals surface area contributed by atoms with Crippen LogP contribution in [0.5, 0.6) is 0 Å². The summed E-state index contributed by atoms with van der Waals surface area (Å²) in [6.45, 7) is 4.51. The molecule has 0 bridgehead atoms. The molecule has 0 aliphatic carbocycles. The van der Waals surface area contributed by atoms with Crippen LogP contribution in [0.3, 0.4) is 0 Å². The minimum atomic E-state index is -4.39. The van der Waals surface area contributed by atoms with Gasteiger partial charge in [-0.05, 0) is 44.9 Å². The molecule has 87 heavy (non-hydrogen) atoms. The number of hydrogen-bond acceptors (Lipinski definition) is 7. The summed E-state index contributed by atoms with van der Waals surface area (Å²) < 4.78 is 34.8. The van der Waals surface area contributed by atoms with Crippen molar-refractivity contribution in [1.82, 2.24) is 0 Å². The van der Waals surface area contributed by atoms with Crippen molar-refractivity contribution in [2.24, 2.45) is 0 Å². The number of hydrogen-bond donors (Lipinski definition) is 1. The normalized spacial score (nSPS) is 13.1. The molecule has 2 unspecified atom stereocenters. The maximum absolute atomic E-state index is 12.9. The van der Waals surface area contributed by atoms with Crippen LogP contribution in [0.15, 0.2) is 24.3 Å². The van der Waals surface area contributed by atoms with Gasteiger partial charge < -0.3 is 18.9 Å². The molecule has 0 aliphatic heterocycles. The molecule has 516 valence electrons. The standard InChI is InChI=1S/C77H150NO8P/c1-6-8-10-12-14-16-18-20-22-24-26-28-30-32-34-35-36-37-38-39-40-41-42-43-44-46-48-50-52-54-56-58-60-62-64-66-68-70-77(80)86-75(74-85-87(81,82)84-72-71-78(3,4)5)73-83-76(79)69-67-65-63-61-59-57-55-53-51-49-47-45-33-31-29-27-25-23-21-19-17-15-13-11-9-7-2/h18,20,24,26,75H,6-17,19,21-23,25,27-74H2,1-5H3/p+1/b20-18-,26-24-. The largest absolute Gasteiger partial charge is 0.472 e. The minimum Gasteiger partial charge on any atom is -0.462 e. The molecule has 0 aromatic carbocycles. The van der Waals surface area contributed by atoms with E-state index < -0.39 is 26.5 Å². The van der Waals surface area contributed by atoms with Gasteiger partial charge in [0.05, 0.1) is 27.7 Å². The second kappa shape index (κ2) is 68.8. The number of esters is 2. The number of rotatable bonds is 73. The molecule has 10 heteroatoms. The fourth-order valence-electron chi connectivity index (χ4n) is 11.8. The first-order chi connectivity index (χ1) is 42.5. The topological polar surface area (TPSA) is 108 Å². The lowest BCUT2D eigenvalue weighted by Gasteiger charge is -2.24. The van der Waals surface area contributed by atoms with Crippen molar-refractivity contribution in [3.05, 3.63) is 24.3 Å². The summed E-state index contributed by atoms with van der Waals surface area (Å²) in [6, 6.07) is 0. The molecule has 0 saturated carbocycles. The van der Waals surface area contributed by atoms with Gasteiger partial charge in [-0.25, -0.2) is 4.57 Å². The number of allylic oxidation sites excluding steroid dienone is 4. The predicted molar refractivity (Wildman–Crippen MR) is 377 cm³/mol. The average molecular weight is 1250 g/mol. The van der Waals surface area contributed by atoms with E-state index in [1.54, 1.807) is 0 Å². The summed E-state index contributed by atoms with van der Waals surface area (Å²) in [5.41, 5.74) is 0. The number of phosphoric acid groups is 1. The molecule has 0 amide bonds. The lowest BCUT2D eigenvalue weighted by molar-refractivity contribution is -0.870. The SMILES string of the molecule is CCCCCCC/C=C\C/C=C\CCCCCCCCCCCCCCCCCCCCCCCCCCCC(=O)OC(COC(=O)CCCCCCCCCCCCCCCCCCCCCCCCCCCC)COP(=O)(O)OCC[N+](C)(C)C. The zero-order valence-electron chi connectivity index (χ0n) is 59.0. The van der Waals surface area contributed by atoms with E-state index in [0.717, 1.165) is 44.9 Å². The minimum absolute atomic E-state index is 0.0364. The van der Waals surface area contributed by atoms with Gasteiger partial charge in [-0.3, -0.25) is 18.6 Å². The predicted octanol–water partition coefficient (Wildman–Crippen LogP) is 25.2. The van der Waals surface area contributed by atoms with Gasteiger partial charge in [-0.1, -0.05) is 372 Å². The Kier molecular flexibility index (Phi) is 67.7. The Labute approximate surface area is 542 Å². The molecule has 0 fully saturated rings. The van der Waals surface area contributed by atoms with Crippen molar-refractivity contribution >= 4 is 19.8 Å². The van der Waals surface area contributed by atoms with Gasteiger partial charge in [0.2, 0.25) is 0 Å². The molecule has 9 nitrogen and oxygen atoms in total. The van der Waals surface area contributed by atoms with E-state index in [2.05, 4.69) is 38.2 Å². The summed E-state index contributed by atoms with van der Waals surface area (Å²) >= 11 is 0. The Morgan fingerprint density at radius 3 is 0.908 bits per heavy atom. The van der Waals surface area contributed by atoms with Crippen LogP contribution in [-0.2, 0) is 32.7 Å². The lowest BCUT2D eigenvalue weighted by atomic mass is 10.0. The highest BCUT2D eigenvalue weighted by atomic mass is 31.2. The van der Waals surface area contributed by atoms with Crippen molar-refractivity contribution in [2.45, 2.75) is 412 Å². The maximum Gasteiger partial charge on any atom is 0.472 e. The van der Waals surface area contributed by atoms with Crippen LogP contribution < -0.4 is 0 Å². The summed E-state index contributed by atoms with van der Waals surface area (Å²) in [5, 5.41) is 0. The summed E-state index contributed by atoms with van der Waals surface area (Å²) in [6.07, 6.45) is 87.5. The van der Waals surface area contributed by atoms with Crippen LogP contribution in [0.2, 0.25) is 0 Å². The number of carbonyl (C=O) groups is 2. The zero-order valence-corrected chi connectivity index (χ0v) is 59.9. The highest BCUT2D eigenvalue weighted by molar-refractivity contribution is 7.47. The maximum atomic E-state index is 12.9. The van der Waals surface area contributed by atoms with Gasteiger partial charge in [0.25, 0.3) is 0 Å². The van der Waals surface area contributed by atoms with Crippen LogP contribution in [0.4, 0.5) is 0 Å². The molecule has 0 heterocycles. The van der Waals surface area contributed by atoms with E-state index in [0.29, 0.717) is 17.4 Å². The van der Waals surface area contributed by atoms with Crippen LogP contribution in [0.1, 0.15) is 406 Å². The second-order valence-electron chi connectivity index (χ2n) is 27.8. The molecule has 0 aliphatic rings. The summed E-state index contributed by atoms with van der Waals surface area (Å²) in [4.78, 5) is 35.9. The van der Waals surface area contributed by atoms with Crippen LogP contribution in [0.25, 0.3) is 0 Å². The van der Waals surface area contributed by atoms with Crippen molar-refractivity contribution in [3.63, 3.8) is 0 Å². The van der Waals surface area contributed by atoms with Gasteiger partial charge in [0, 0.05) is 12.8 Å². The Bertz CT molecular complexity index is 1510. The molecule has 1 N–H and O–H groups in total. The van der Waals surface area contributed by atoms with Gasteiger partial charge in [0.15, 0.2) is 6.10 Å². The van der Waals surface area contributed by atoms with Crippen LogP contribution in [-0.4, -0.2) is 74.9 Å². The Morgan fingerprint density at radius 1 is 0.356 bits per heavy atom. The number of nitrogens with zero attached hydrogens (tertiary/aromatic N) is 1. The van der Waals surface area contributed by atoms with E-state index >= 15 is 0 Å². The third-order valence-electron chi connectivity index (χ3n) is 17.7. The van der Waals surface area contributed by atoms with E-state index in [-0.39, 0.29) is 25.6 Å². The van der Waals surface area contributed by atoms with E-state index in [9.17, 15) is 19.0 Å². The van der Waals surface area contributed by atoms with Gasteiger partial charge in [-0.15, -0.1) is 0 Å². The Morgan fingerprint density at radius 2 is 0.621 bits per heavy atom. The molecule has 0 aromatic rings. The first kappa shape index (κ1) is 85.5. The molecule has 0 saturated heterocycles. The highest BCUT2D eigenvalue weighted by Gasteiger charge is 2.27. The Balaban J connectivity index is 3.91. The molecule has 0 spiro atoms. The monoisotopic (exact) mass is 1250 g/mol. The number of phosphoric ester groups is 1. The Hall–Kier alpha value is -1.51.